The molecule has 2 aromatic heterocycles. The zero-order chi connectivity index (χ0) is 15.2. The summed E-state index contributed by atoms with van der Waals surface area (Å²) < 4.78 is 7.52. The van der Waals surface area contributed by atoms with Crippen LogP contribution in [0.3, 0.4) is 0 Å². The first-order chi connectivity index (χ1) is 10.8. The Balaban J connectivity index is 1.49. The summed E-state index contributed by atoms with van der Waals surface area (Å²) in [7, 11) is 0. The molecule has 7 nitrogen and oxygen atoms in total. The minimum absolute atomic E-state index is 0.0298. The standard InChI is InChI=1S/C15H19N5O2/c21-15(17-10-13-3-1-4-16-9-13)19-7-8-22-14(11-19)12-20-6-2-5-18-20/h1-6,9,14H,7-8,10-12H2,(H,17,21). The SMILES string of the molecule is O=C(NCc1cccnc1)N1CCOC(Cn2cccn2)C1. The fourth-order valence-corrected chi connectivity index (χ4v) is 2.42. The Kier molecular flexibility index (Phi) is 4.65. The number of nitrogens with one attached hydrogen (secondary N) is 1. The van der Waals surface area contributed by atoms with Crippen molar-refractivity contribution in [3.05, 3.63) is 48.5 Å². The first kappa shape index (κ1) is 14.5. The Labute approximate surface area is 128 Å². The predicted octanol–water partition coefficient (Wildman–Crippen LogP) is 0.889. The third-order valence-electron chi connectivity index (χ3n) is 3.54. The lowest BCUT2D eigenvalue weighted by Crippen LogP contribution is -2.50. The molecule has 3 rings (SSSR count). The average molecular weight is 301 g/mol. The van der Waals surface area contributed by atoms with Gasteiger partial charge >= 0.3 is 6.03 Å². The van der Waals surface area contributed by atoms with Gasteiger partial charge in [0.2, 0.25) is 0 Å². The Bertz CT molecular complexity index is 587. The summed E-state index contributed by atoms with van der Waals surface area (Å²) in [6.45, 7) is 2.85. The Morgan fingerprint density at radius 1 is 1.41 bits per heavy atom. The zero-order valence-corrected chi connectivity index (χ0v) is 12.3. The van der Waals surface area contributed by atoms with Crippen molar-refractivity contribution in [2.45, 2.75) is 19.2 Å². The van der Waals surface area contributed by atoms with E-state index >= 15 is 0 Å². The number of pyridine rings is 1. The minimum Gasteiger partial charge on any atom is -0.373 e. The molecule has 2 aromatic rings. The molecule has 116 valence electrons. The van der Waals surface area contributed by atoms with E-state index in [9.17, 15) is 4.79 Å². The quantitative estimate of drug-likeness (QED) is 0.910. The van der Waals surface area contributed by atoms with Crippen LogP contribution >= 0.6 is 0 Å². The molecular weight excluding hydrogens is 282 g/mol. The molecule has 0 saturated carbocycles. The van der Waals surface area contributed by atoms with Gasteiger partial charge in [-0.25, -0.2) is 4.79 Å². The lowest BCUT2D eigenvalue weighted by atomic mass is 10.2. The number of hydrogen-bond acceptors (Lipinski definition) is 4. The van der Waals surface area contributed by atoms with E-state index in [0.717, 1.165) is 5.56 Å². The summed E-state index contributed by atoms with van der Waals surface area (Å²) in [4.78, 5) is 18.1. The van der Waals surface area contributed by atoms with Crippen LogP contribution in [0.5, 0.6) is 0 Å². The number of nitrogens with zero attached hydrogens (tertiary/aromatic N) is 4. The van der Waals surface area contributed by atoms with Crippen molar-refractivity contribution in [1.82, 2.24) is 25.0 Å². The van der Waals surface area contributed by atoms with E-state index in [2.05, 4.69) is 15.4 Å². The number of carbonyl (C=O) groups excluding carboxylic acids is 1. The lowest BCUT2D eigenvalue weighted by molar-refractivity contribution is -0.0237. The summed E-state index contributed by atoms with van der Waals surface area (Å²) in [5, 5.41) is 7.08. The molecule has 1 atom stereocenters. The molecule has 1 N–H and O–H groups in total. The van der Waals surface area contributed by atoms with Crippen LogP contribution in [0.4, 0.5) is 4.79 Å². The lowest BCUT2D eigenvalue weighted by Gasteiger charge is -2.32. The average Bonchev–Trinajstić information content (AvgIpc) is 3.07. The minimum atomic E-state index is -0.0716. The molecule has 0 aliphatic carbocycles. The van der Waals surface area contributed by atoms with Gasteiger partial charge in [-0.1, -0.05) is 6.07 Å². The summed E-state index contributed by atoms with van der Waals surface area (Å²) in [5.41, 5.74) is 0.984. The maximum atomic E-state index is 12.2. The molecule has 0 radical (unpaired) electrons. The Morgan fingerprint density at radius 3 is 3.14 bits per heavy atom. The highest BCUT2D eigenvalue weighted by Gasteiger charge is 2.24. The van der Waals surface area contributed by atoms with Crippen LogP contribution in [0.25, 0.3) is 0 Å². The van der Waals surface area contributed by atoms with Crippen molar-refractivity contribution >= 4 is 6.03 Å². The van der Waals surface area contributed by atoms with Crippen molar-refractivity contribution in [2.75, 3.05) is 19.7 Å². The molecule has 3 heterocycles. The number of aromatic nitrogens is 3. The summed E-state index contributed by atoms with van der Waals surface area (Å²) in [6.07, 6.45) is 7.07. The molecule has 1 aliphatic heterocycles. The first-order valence-corrected chi connectivity index (χ1v) is 7.32. The molecule has 7 heteroatoms. The van der Waals surface area contributed by atoms with E-state index in [4.69, 9.17) is 4.74 Å². The highest BCUT2D eigenvalue weighted by atomic mass is 16.5. The fourth-order valence-electron chi connectivity index (χ4n) is 2.42. The molecule has 22 heavy (non-hydrogen) atoms. The van der Waals surface area contributed by atoms with Crippen LogP contribution in [0.15, 0.2) is 43.0 Å². The normalized spacial score (nSPS) is 18.2. The maximum absolute atomic E-state index is 12.2. The molecule has 1 saturated heterocycles. The van der Waals surface area contributed by atoms with Crippen LogP contribution in [0.2, 0.25) is 0 Å². The second-order valence-corrected chi connectivity index (χ2v) is 5.19. The molecule has 2 amide bonds. The van der Waals surface area contributed by atoms with E-state index in [0.29, 0.717) is 32.8 Å². The summed E-state index contributed by atoms with van der Waals surface area (Å²) in [6, 6.07) is 5.60. The fraction of sp³-hybridized carbons (Fsp3) is 0.400. The van der Waals surface area contributed by atoms with Gasteiger partial charge < -0.3 is 15.0 Å². The number of rotatable bonds is 4. The molecule has 0 aromatic carbocycles. The van der Waals surface area contributed by atoms with Gasteiger partial charge in [-0.05, 0) is 17.7 Å². The van der Waals surface area contributed by atoms with E-state index < -0.39 is 0 Å². The summed E-state index contributed by atoms with van der Waals surface area (Å²) >= 11 is 0. The van der Waals surface area contributed by atoms with Gasteiger partial charge in [0, 0.05) is 37.9 Å². The van der Waals surface area contributed by atoms with Crippen molar-refractivity contribution in [1.29, 1.82) is 0 Å². The van der Waals surface area contributed by atoms with Gasteiger partial charge in [-0.2, -0.15) is 5.10 Å². The van der Waals surface area contributed by atoms with Crippen molar-refractivity contribution < 1.29 is 9.53 Å². The van der Waals surface area contributed by atoms with Crippen molar-refractivity contribution in [2.24, 2.45) is 0 Å². The highest BCUT2D eigenvalue weighted by molar-refractivity contribution is 5.74. The number of urea groups is 1. The van der Waals surface area contributed by atoms with E-state index in [1.807, 2.05) is 29.1 Å². The monoisotopic (exact) mass is 301 g/mol. The van der Waals surface area contributed by atoms with Gasteiger partial charge in [0.1, 0.15) is 0 Å². The topological polar surface area (TPSA) is 72.3 Å². The zero-order valence-electron chi connectivity index (χ0n) is 12.3. The second-order valence-electron chi connectivity index (χ2n) is 5.19. The van der Waals surface area contributed by atoms with Crippen molar-refractivity contribution in [3.63, 3.8) is 0 Å². The molecule has 1 aliphatic rings. The van der Waals surface area contributed by atoms with Crippen LogP contribution in [0, 0.1) is 0 Å². The van der Waals surface area contributed by atoms with E-state index in [-0.39, 0.29) is 12.1 Å². The third-order valence-corrected chi connectivity index (χ3v) is 3.54. The molecular formula is C15H19N5O2. The van der Waals surface area contributed by atoms with Crippen LogP contribution < -0.4 is 5.32 Å². The molecule has 1 fully saturated rings. The maximum Gasteiger partial charge on any atom is 0.317 e. The van der Waals surface area contributed by atoms with E-state index in [1.165, 1.54) is 0 Å². The van der Waals surface area contributed by atoms with E-state index in [1.54, 1.807) is 23.5 Å². The summed E-state index contributed by atoms with van der Waals surface area (Å²) in [5.74, 6) is 0. The molecule has 0 bridgehead atoms. The number of amides is 2. The molecule has 0 spiro atoms. The van der Waals surface area contributed by atoms with Gasteiger partial charge in [-0.15, -0.1) is 0 Å². The molecule has 1 unspecified atom stereocenters. The van der Waals surface area contributed by atoms with Gasteiger partial charge in [-0.3, -0.25) is 9.67 Å². The van der Waals surface area contributed by atoms with Gasteiger partial charge in [0.25, 0.3) is 0 Å². The predicted molar refractivity (Wildman–Crippen MR) is 80.0 cm³/mol. The van der Waals surface area contributed by atoms with Crippen LogP contribution in [-0.4, -0.2) is 51.5 Å². The Hall–Kier alpha value is -2.41. The number of hydrogen-bond donors (Lipinski definition) is 1. The Morgan fingerprint density at radius 2 is 2.36 bits per heavy atom. The smallest absolute Gasteiger partial charge is 0.317 e. The first-order valence-electron chi connectivity index (χ1n) is 7.32. The number of ether oxygens (including phenoxy) is 1. The van der Waals surface area contributed by atoms with Gasteiger partial charge in [0.15, 0.2) is 0 Å². The van der Waals surface area contributed by atoms with Crippen LogP contribution in [-0.2, 0) is 17.8 Å². The largest absolute Gasteiger partial charge is 0.373 e. The number of carbonyl (C=O) groups is 1. The second kappa shape index (κ2) is 7.04. The highest BCUT2D eigenvalue weighted by Crippen LogP contribution is 2.08. The van der Waals surface area contributed by atoms with Crippen LogP contribution in [0.1, 0.15) is 5.56 Å². The van der Waals surface area contributed by atoms with Gasteiger partial charge in [0.05, 0.1) is 25.8 Å². The number of morpholine rings is 1. The van der Waals surface area contributed by atoms with Crippen molar-refractivity contribution in [3.8, 4) is 0 Å². The third kappa shape index (κ3) is 3.82.